The molecule has 0 N–H and O–H groups in total. The van der Waals surface area contributed by atoms with Crippen molar-refractivity contribution in [2.45, 2.75) is 0 Å². The molecule has 0 spiro atoms. The van der Waals surface area contributed by atoms with Crippen molar-refractivity contribution >= 4 is 0 Å². The summed E-state index contributed by atoms with van der Waals surface area (Å²) < 4.78 is 15.3. The second kappa shape index (κ2) is 5.06. The molecule has 0 radical (unpaired) electrons. The zero-order valence-corrected chi connectivity index (χ0v) is 8.15. The quantitative estimate of drug-likeness (QED) is 0.630. The molecule has 0 aromatic heterocycles. The van der Waals surface area contributed by atoms with Gasteiger partial charge in [-0.2, -0.15) is 0 Å². The Morgan fingerprint density at radius 3 is 2.08 bits per heavy atom. The van der Waals surface area contributed by atoms with E-state index in [0.717, 1.165) is 5.82 Å². The minimum Gasteiger partial charge on any atom is -0.364 e. The van der Waals surface area contributed by atoms with E-state index in [1.54, 1.807) is 14.2 Å². The molecular weight excluding hydrogens is 172 g/mol. The SMILES string of the molecule is C=C1N(COC)COCN1COC. The predicted octanol–water partition coefficient (Wildman–Crippen LogP) is 0.215. The number of hydrogen-bond donors (Lipinski definition) is 0. The molecule has 0 unspecified atom stereocenters. The highest BCUT2D eigenvalue weighted by molar-refractivity contribution is 4.92. The summed E-state index contributed by atoms with van der Waals surface area (Å²) in [5.41, 5.74) is 0. The van der Waals surface area contributed by atoms with Crippen molar-refractivity contribution in [3.05, 3.63) is 12.4 Å². The number of methoxy groups -OCH3 is 2. The van der Waals surface area contributed by atoms with Crippen molar-refractivity contribution in [3.63, 3.8) is 0 Å². The van der Waals surface area contributed by atoms with Gasteiger partial charge in [0.15, 0.2) is 0 Å². The maximum absolute atomic E-state index is 5.30. The molecule has 76 valence electrons. The molecule has 1 fully saturated rings. The fourth-order valence-corrected chi connectivity index (χ4v) is 1.15. The Morgan fingerprint density at radius 2 is 1.69 bits per heavy atom. The third-order valence-electron chi connectivity index (χ3n) is 1.79. The molecule has 0 aromatic rings. The molecule has 5 heteroatoms. The molecule has 1 rings (SSSR count). The average Bonchev–Trinajstić information content (AvgIpc) is 2.13. The van der Waals surface area contributed by atoms with E-state index in [-0.39, 0.29) is 0 Å². The van der Waals surface area contributed by atoms with E-state index in [2.05, 4.69) is 6.58 Å². The maximum Gasteiger partial charge on any atom is 0.124 e. The monoisotopic (exact) mass is 188 g/mol. The van der Waals surface area contributed by atoms with Gasteiger partial charge < -0.3 is 24.0 Å². The fourth-order valence-electron chi connectivity index (χ4n) is 1.15. The van der Waals surface area contributed by atoms with Crippen LogP contribution in [0.4, 0.5) is 0 Å². The Hall–Kier alpha value is -0.780. The highest BCUT2D eigenvalue weighted by atomic mass is 16.5. The molecule has 0 amide bonds. The zero-order chi connectivity index (χ0) is 9.68. The Kier molecular flexibility index (Phi) is 4.01. The summed E-state index contributed by atoms with van der Waals surface area (Å²) >= 11 is 0. The lowest BCUT2D eigenvalue weighted by Gasteiger charge is -2.38. The van der Waals surface area contributed by atoms with Crippen LogP contribution in [0.5, 0.6) is 0 Å². The molecule has 0 saturated carbocycles. The lowest BCUT2D eigenvalue weighted by Crippen LogP contribution is -2.44. The molecule has 0 aliphatic carbocycles. The van der Waals surface area contributed by atoms with E-state index < -0.39 is 0 Å². The molecule has 5 nitrogen and oxygen atoms in total. The summed E-state index contributed by atoms with van der Waals surface area (Å²) in [4.78, 5) is 3.78. The first-order valence-corrected chi connectivity index (χ1v) is 4.04. The second-order valence-corrected chi connectivity index (χ2v) is 2.79. The molecule has 13 heavy (non-hydrogen) atoms. The fraction of sp³-hybridized carbons (Fsp3) is 0.750. The number of ether oxygens (including phenoxy) is 3. The first-order chi connectivity index (χ1) is 6.29. The van der Waals surface area contributed by atoms with Crippen molar-refractivity contribution < 1.29 is 14.2 Å². The zero-order valence-electron chi connectivity index (χ0n) is 8.15. The molecule has 0 aromatic carbocycles. The van der Waals surface area contributed by atoms with Crippen LogP contribution in [-0.2, 0) is 14.2 Å². The summed E-state index contributed by atoms with van der Waals surface area (Å²) in [5, 5.41) is 0. The van der Waals surface area contributed by atoms with Crippen LogP contribution in [0.25, 0.3) is 0 Å². The highest BCUT2D eigenvalue weighted by Gasteiger charge is 2.19. The van der Waals surface area contributed by atoms with Gasteiger partial charge in [-0.3, -0.25) is 0 Å². The smallest absolute Gasteiger partial charge is 0.124 e. The molecule has 1 aliphatic rings. The van der Waals surface area contributed by atoms with Crippen molar-refractivity contribution in [1.29, 1.82) is 0 Å². The van der Waals surface area contributed by atoms with Gasteiger partial charge in [-0.05, 0) is 0 Å². The number of hydrogen-bond acceptors (Lipinski definition) is 5. The van der Waals surface area contributed by atoms with Gasteiger partial charge in [-0.15, -0.1) is 0 Å². The van der Waals surface area contributed by atoms with Gasteiger partial charge in [-0.1, -0.05) is 6.58 Å². The van der Waals surface area contributed by atoms with Crippen LogP contribution in [0.2, 0.25) is 0 Å². The average molecular weight is 188 g/mol. The predicted molar refractivity (Wildman–Crippen MR) is 47.4 cm³/mol. The summed E-state index contributed by atoms with van der Waals surface area (Å²) in [5.74, 6) is 0.870. The lowest BCUT2D eigenvalue weighted by molar-refractivity contribution is -0.125. The third kappa shape index (κ3) is 2.58. The van der Waals surface area contributed by atoms with Crippen molar-refractivity contribution in [2.24, 2.45) is 0 Å². The topological polar surface area (TPSA) is 34.2 Å². The molecule has 0 bridgehead atoms. The highest BCUT2D eigenvalue weighted by Crippen LogP contribution is 2.13. The van der Waals surface area contributed by atoms with Crippen LogP contribution in [0.3, 0.4) is 0 Å². The Bertz CT molecular complexity index is 155. The minimum absolute atomic E-state index is 0.485. The van der Waals surface area contributed by atoms with Gasteiger partial charge in [0.2, 0.25) is 0 Å². The lowest BCUT2D eigenvalue weighted by atomic mass is 10.5. The van der Waals surface area contributed by atoms with E-state index in [1.165, 1.54) is 0 Å². The van der Waals surface area contributed by atoms with Gasteiger partial charge >= 0.3 is 0 Å². The number of rotatable bonds is 4. The van der Waals surface area contributed by atoms with Crippen molar-refractivity contribution in [2.75, 3.05) is 41.1 Å². The first-order valence-electron chi connectivity index (χ1n) is 4.04. The molecular formula is C8H16N2O3. The number of nitrogens with zero attached hydrogens (tertiary/aromatic N) is 2. The van der Waals surface area contributed by atoms with Gasteiger partial charge in [0.25, 0.3) is 0 Å². The third-order valence-corrected chi connectivity index (χ3v) is 1.79. The molecule has 1 saturated heterocycles. The Morgan fingerprint density at radius 1 is 1.23 bits per heavy atom. The molecule has 1 heterocycles. The van der Waals surface area contributed by atoms with Crippen LogP contribution >= 0.6 is 0 Å². The summed E-state index contributed by atoms with van der Waals surface area (Å²) in [6.45, 7) is 5.94. The van der Waals surface area contributed by atoms with Crippen LogP contribution in [-0.4, -0.2) is 50.9 Å². The van der Waals surface area contributed by atoms with Crippen LogP contribution in [0.1, 0.15) is 0 Å². The van der Waals surface area contributed by atoms with E-state index in [4.69, 9.17) is 14.2 Å². The van der Waals surface area contributed by atoms with Crippen LogP contribution in [0.15, 0.2) is 12.4 Å². The van der Waals surface area contributed by atoms with Crippen molar-refractivity contribution in [1.82, 2.24) is 9.80 Å². The van der Waals surface area contributed by atoms with E-state index in [1.807, 2.05) is 9.80 Å². The minimum atomic E-state index is 0.485. The largest absolute Gasteiger partial charge is 0.364 e. The van der Waals surface area contributed by atoms with Gasteiger partial charge in [0, 0.05) is 14.2 Å². The normalized spacial score (nSPS) is 18.2. The van der Waals surface area contributed by atoms with Gasteiger partial charge in [-0.25, -0.2) is 0 Å². The maximum atomic E-state index is 5.30. The molecule has 1 aliphatic heterocycles. The molecule has 0 atom stereocenters. The first kappa shape index (κ1) is 10.3. The standard InChI is InChI=1S/C8H16N2O3/c1-8-9(4-11-2)6-13-7-10(8)5-12-3/h1,4-7H2,2-3H3. The van der Waals surface area contributed by atoms with E-state index >= 15 is 0 Å². The summed E-state index contributed by atoms with van der Waals surface area (Å²) in [6.07, 6.45) is 0. The van der Waals surface area contributed by atoms with Crippen LogP contribution < -0.4 is 0 Å². The van der Waals surface area contributed by atoms with E-state index in [9.17, 15) is 0 Å². The Labute approximate surface area is 78.5 Å². The summed E-state index contributed by atoms with van der Waals surface area (Å²) in [7, 11) is 3.28. The van der Waals surface area contributed by atoms with Gasteiger partial charge in [0.05, 0.1) is 0 Å². The van der Waals surface area contributed by atoms with Crippen molar-refractivity contribution in [3.8, 4) is 0 Å². The van der Waals surface area contributed by atoms with Crippen LogP contribution in [0, 0.1) is 0 Å². The Balaban J connectivity index is 2.45. The second-order valence-electron chi connectivity index (χ2n) is 2.79. The summed E-state index contributed by atoms with van der Waals surface area (Å²) in [6, 6.07) is 0. The van der Waals surface area contributed by atoms with Gasteiger partial charge in [0.1, 0.15) is 32.7 Å². The van der Waals surface area contributed by atoms with E-state index in [0.29, 0.717) is 26.9 Å².